The van der Waals surface area contributed by atoms with Crippen LogP contribution in [0, 0.1) is 6.92 Å². The molecule has 0 aliphatic rings. The number of carbonyl (C=O) groups is 1. The molecule has 0 saturated heterocycles. The maximum absolute atomic E-state index is 11.9. The fourth-order valence-electron chi connectivity index (χ4n) is 2.30. The lowest BCUT2D eigenvalue weighted by molar-refractivity contribution is -0.123. The highest BCUT2D eigenvalue weighted by atomic mass is 35.5. The van der Waals surface area contributed by atoms with Gasteiger partial charge < -0.3 is 4.74 Å². The van der Waals surface area contributed by atoms with Crippen molar-refractivity contribution in [2.24, 2.45) is 5.10 Å². The lowest BCUT2D eigenvalue weighted by Gasteiger charge is -2.05. The first-order valence-corrected chi connectivity index (χ1v) is 8.81. The molecule has 1 amide bonds. The van der Waals surface area contributed by atoms with Crippen LogP contribution in [-0.2, 0) is 4.79 Å². The van der Waals surface area contributed by atoms with E-state index in [2.05, 4.69) is 15.6 Å². The van der Waals surface area contributed by atoms with Gasteiger partial charge in [0.1, 0.15) is 10.9 Å². The number of amides is 1. The summed E-state index contributed by atoms with van der Waals surface area (Å²) >= 11 is 12.3. The molecule has 0 radical (unpaired) electrons. The fourth-order valence-corrected chi connectivity index (χ4v) is 2.81. The number of hydrogen-bond donors (Lipinski definition) is 1. The maximum Gasteiger partial charge on any atom is 0.277 e. The van der Waals surface area contributed by atoms with E-state index >= 15 is 0 Å². The number of nitrogens with one attached hydrogen (secondary N) is 1. The van der Waals surface area contributed by atoms with Crippen molar-refractivity contribution >= 4 is 35.3 Å². The molecule has 0 aliphatic carbocycles. The molecule has 0 saturated carbocycles. The number of ether oxygens (including phenoxy) is 1. The summed E-state index contributed by atoms with van der Waals surface area (Å²) in [5.74, 6) is 0.0973. The van der Waals surface area contributed by atoms with E-state index < -0.39 is 5.91 Å². The Bertz CT molecular complexity index is 971. The molecule has 6 nitrogen and oxygen atoms in total. The average molecular weight is 403 g/mol. The number of carbonyl (C=O) groups excluding carboxylic acids is 1. The molecular formula is C19H16Cl2N4O2. The molecule has 138 valence electrons. The third-order valence-corrected chi connectivity index (χ3v) is 4.20. The van der Waals surface area contributed by atoms with Gasteiger partial charge >= 0.3 is 0 Å². The highest BCUT2D eigenvalue weighted by molar-refractivity contribution is 6.32. The molecule has 0 bridgehead atoms. The first kappa shape index (κ1) is 18.9. The van der Waals surface area contributed by atoms with Crippen LogP contribution in [0.5, 0.6) is 5.75 Å². The Hall–Kier alpha value is -2.83. The largest absolute Gasteiger partial charge is 0.484 e. The van der Waals surface area contributed by atoms with Crippen LogP contribution in [0.1, 0.15) is 11.3 Å². The third-order valence-electron chi connectivity index (χ3n) is 3.60. The van der Waals surface area contributed by atoms with E-state index in [-0.39, 0.29) is 6.61 Å². The van der Waals surface area contributed by atoms with Crippen molar-refractivity contribution in [2.45, 2.75) is 6.92 Å². The molecule has 2 aromatic carbocycles. The average Bonchev–Trinajstić information content (AvgIpc) is 2.95. The monoisotopic (exact) mass is 402 g/mol. The summed E-state index contributed by atoms with van der Waals surface area (Å²) < 4.78 is 6.96. The minimum absolute atomic E-state index is 0.187. The summed E-state index contributed by atoms with van der Waals surface area (Å²) in [6, 6.07) is 16.3. The van der Waals surface area contributed by atoms with Gasteiger partial charge in [0.05, 0.1) is 23.2 Å². The van der Waals surface area contributed by atoms with Gasteiger partial charge in [0.25, 0.3) is 5.91 Å². The molecule has 0 fully saturated rings. The van der Waals surface area contributed by atoms with Crippen LogP contribution in [0.25, 0.3) is 5.69 Å². The Morgan fingerprint density at radius 1 is 1.22 bits per heavy atom. The predicted octanol–water partition coefficient (Wildman–Crippen LogP) is 4.02. The molecule has 0 aliphatic heterocycles. The highest BCUT2D eigenvalue weighted by Gasteiger charge is 2.13. The summed E-state index contributed by atoms with van der Waals surface area (Å²) in [4.78, 5) is 11.9. The topological polar surface area (TPSA) is 68.5 Å². The van der Waals surface area contributed by atoms with Gasteiger partial charge in [0.15, 0.2) is 6.61 Å². The number of nitrogens with zero attached hydrogens (tertiary/aromatic N) is 3. The second-order valence-electron chi connectivity index (χ2n) is 5.58. The molecule has 0 unspecified atom stereocenters. The van der Waals surface area contributed by atoms with Gasteiger partial charge in [-0.25, -0.2) is 10.1 Å². The van der Waals surface area contributed by atoms with Gasteiger partial charge in [0, 0.05) is 5.02 Å². The van der Waals surface area contributed by atoms with Crippen LogP contribution in [0.2, 0.25) is 10.2 Å². The maximum atomic E-state index is 11.9. The number of halogens is 2. The molecule has 3 rings (SSSR count). The van der Waals surface area contributed by atoms with Crippen molar-refractivity contribution in [3.05, 3.63) is 76.0 Å². The normalized spacial score (nSPS) is 10.9. The van der Waals surface area contributed by atoms with Crippen molar-refractivity contribution in [2.75, 3.05) is 6.61 Å². The van der Waals surface area contributed by atoms with E-state index in [1.165, 1.54) is 6.21 Å². The lowest BCUT2D eigenvalue weighted by Crippen LogP contribution is -2.24. The molecule has 1 N–H and O–H groups in total. The number of hydrogen-bond acceptors (Lipinski definition) is 4. The number of para-hydroxylation sites is 1. The van der Waals surface area contributed by atoms with Crippen LogP contribution < -0.4 is 10.2 Å². The first-order chi connectivity index (χ1) is 13.0. The van der Waals surface area contributed by atoms with Crippen LogP contribution >= 0.6 is 23.2 Å². The van der Waals surface area contributed by atoms with Gasteiger partial charge in [-0.2, -0.15) is 10.2 Å². The van der Waals surface area contributed by atoms with Crippen LogP contribution in [-0.4, -0.2) is 28.5 Å². The molecule has 3 aromatic rings. The molecular weight excluding hydrogens is 387 g/mol. The van der Waals surface area contributed by atoms with E-state index in [0.29, 0.717) is 27.2 Å². The van der Waals surface area contributed by atoms with Crippen molar-refractivity contribution in [1.82, 2.24) is 15.2 Å². The van der Waals surface area contributed by atoms with Gasteiger partial charge in [-0.3, -0.25) is 4.79 Å². The summed E-state index contributed by atoms with van der Waals surface area (Å²) in [5.41, 5.74) is 4.55. The number of aryl methyl sites for hydroxylation is 1. The second-order valence-corrected chi connectivity index (χ2v) is 6.37. The Labute approximate surface area is 166 Å². The fraction of sp³-hybridized carbons (Fsp3) is 0.105. The Kier molecular flexibility index (Phi) is 6.11. The minimum Gasteiger partial charge on any atom is -0.484 e. The number of rotatable bonds is 6. The predicted molar refractivity (Wildman–Crippen MR) is 106 cm³/mol. The molecule has 8 heteroatoms. The Morgan fingerprint density at radius 3 is 2.74 bits per heavy atom. The number of benzene rings is 2. The molecule has 1 heterocycles. The van der Waals surface area contributed by atoms with Crippen molar-refractivity contribution in [3.63, 3.8) is 0 Å². The molecule has 27 heavy (non-hydrogen) atoms. The number of aromatic nitrogens is 2. The first-order valence-electron chi connectivity index (χ1n) is 8.05. The minimum atomic E-state index is -0.407. The van der Waals surface area contributed by atoms with E-state index in [0.717, 1.165) is 5.69 Å². The van der Waals surface area contributed by atoms with E-state index in [9.17, 15) is 4.79 Å². The van der Waals surface area contributed by atoms with Crippen molar-refractivity contribution in [1.29, 1.82) is 0 Å². The summed E-state index contributed by atoms with van der Waals surface area (Å²) in [6.07, 6.45) is 1.46. The Morgan fingerprint density at radius 2 is 2.00 bits per heavy atom. The number of hydrazone groups is 1. The zero-order valence-electron chi connectivity index (χ0n) is 14.4. The zero-order valence-corrected chi connectivity index (χ0v) is 15.9. The van der Waals surface area contributed by atoms with Gasteiger partial charge in [-0.1, -0.05) is 47.5 Å². The van der Waals surface area contributed by atoms with Crippen molar-refractivity contribution < 1.29 is 9.53 Å². The quantitative estimate of drug-likeness (QED) is 0.500. The van der Waals surface area contributed by atoms with E-state index in [4.69, 9.17) is 27.9 Å². The highest BCUT2D eigenvalue weighted by Crippen LogP contribution is 2.21. The van der Waals surface area contributed by atoms with Crippen molar-refractivity contribution in [3.8, 4) is 11.4 Å². The SMILES string of the molecule is Cc1nn(-c2ccccc2)c(Cl)c1/C=N\NC(=O)COc1cccc(Cl)c1. The van der Waals surface area contributed by atoms with Gasteiger partial charge in [0.2, 0.25) is 0 Å². The lowest BCUT2D eigenvalue weighted by atomic mass is 10.3. The second kappa shape index (κ2) is 8.70. The third kappa shape index (κ3) is 4.87. The summed E-state index contributed by atoms with van der Waals surface area (Å²) in [5, 5.41) is 9.28. The van der Waals surface area contributed by atoms with Crippen LogP contribution in [0.15, 0.2) is 59.7 Å². The van der Waals surface area contributed by atoms with E-state index in [1.807, 2.05) is 37.3 Å². The summed E-state index contributed by atoms with van der Waals surface area (Å²) in [7, 11) is 0. The molecule has 0 atom stereocenters. The molecule has 1 aromatic heterocycles. The van der Waals surface area contributed by atoms with E-state index in [1.54, 1.807) is 28.9 Å². The Balaban J connectivity index is 1.61. The van der Waals surface area contributed by atoms with Crippen LogP contribution in [0.4, 0.5) is 0 Å². The zero-order chi connectivity index (χ0) is 19.2. The standard InChI is InChI=1S/C19H16Cl2N4O2/c1-13-17(19(21)25(24-13)15-7-3-2-4-8-15)11-22-23-18(26)12-27-16-9-5-6-14(20)10-16/h2-11H,12H2,1H3,(H,23,26)/b22-11-. The van der Waals surface area contributed by atoms with Crippen LogP contribution in [0.3, 0.4) is 0 Å². The van der Waals surface area contributed by atoms with Gasteiger partial charge in [-0.05, 0) is 37.3 Å². The molecule has 0 spiro atoms. The van der Waals surface area contributed by atoms with Gasteiger partial charge in [-0.15, -0.1) is 0 Å². The smallest absolute Gasteiger partial charge is 0.277 e. The summed E-state index contributed by atoms with van der Waals surface area (Å²) in [6.45, 7) is 1.63.